The first-order valence-electron chi connectivity index (χ1n) is 15.6. The van der Waals surface area contributed by atoms with Gasteiger partial charge in [0.05, 0.1) is 47.5 Å². The minimum absolute atomic E-state index is 0.0806. The average molecular weight is 629 g/mol. The van der Waals surface area contributed by atoms with Gasteiger partial charge in [0.1, 0.15) is 0 Å². The van der Waals surface area contributed by atoms with Gasteiger partial charge in [-0.3, -0.25) is 24.4 Å². The molecular weight excluding hydrogens is 591 g/mol. The number of amides is 2. The Labute approximate surface area is 261 Å². The fourth-order valence-electron chi connectivity index (χ4n) is 8.02. The SMILES string of the molecule is C[C@H]1[C@H]([Si](C)(C)F)[C@@H](CC(=O)N2CCC[C@H]2CO)O[C@]12C(=O)N(c1ccccc1)c1ccc(-n3[nH]c4ccccc4c3=O)cc12. The number of carbonyl (C=O) groups is 2. The van der Waals surface area contributed by atoms with Crippen LogP contribution < -0.4 is 10.5 Å². The largest absolute Gasteiger partial charge is 0.394 e. The van der Waals surface area contributed by atoms with Crippen LogP contribution in [0.25, 0.3) is 16.6 Å². The molecule has 2 saturated heterocycles. The van der Waals surface area contributed by atoms with E-state index in [0.717, 1.165) is 6.42 Å². The summed E-state index contributed by atoms with van der Waals surface area (Å²) in [6.45, 7) is 5.48. The van der Waals surface area contributed by atoms with Crippen LogP contribution in [-0.4, -0.2) is 65.3 Å². The van der Waals surface area contributed by atoms with Crippen molar-refractivity contribution in [1.82, 2.24) is 14.7 Å². The Balaban J connectivity index is 1.38. The summed E-state index contributed by atoms with van der Waals surface area (Å²) in [6.07, 6.45) is 0.590. The number of fused-ring (bicyclic) bond motifs is 3. The molecule has 3 aliphatic heterocycles. The molecule has 1 spiro atoms. The number of hydrogen-bond donors (Lipinski definition) is 2. The van der Waals surface area contributed by atoms with Crippen LogP contribution in [0.4, 0.5) is 15.5 Å². The molecule has 9 nitrogen and oxygen atoms in total. The zero-order chi connectivity index (χ0) is 31.7. The number of H-pyrrole nitrogens is 1. The van der Waals surface area contributed by atoms with Gasteiger partial charge in [-0.05, 0) is 68.4 Å². The van der Waals surface area contributed by atoms with E-state index in [0.29, 0.717) is 46.5 Å². The van der Waals surface area contributed by atoms with Crippen LogP contribution in [0.5, 0.6) is 0 Å². The van der Waals surface area contributed by atoms with Gasteiger partial charge >= 0.3 is 0 Å². The number of ether oxygens (including phenoxy) is 1. The van der Waals surface area contributed by atoms with Crippen molar-refractivity contribution >= 4 is 42.5 Å². The van der Waals surface area contributed by atoms with Crippen molar-refractivity contribution in [2.24, 2.45) is 5.92 Å². The smallest absolute Gasteiger partial charge is 0.279 e. The molecule has 2 fully saturated rings. The van der Waals surface area contributed by atoms with E-state index < -0.39 is 31.6 Å². The van der Waals surface area contributed by atoms with E-state index in [1.165, 1.54) is 4.68 Å². The summed E-state index contributed by atoms with van der Waals surface area (Å²) in [5.41, 5.74) is 0.498. The van der Waals surface area contributed by atoms with Crippen LogP contribution in [0.15, 0.2) is 77.6 Å². The molecule has 5 atom stereocenters. The van der Waals surface area contributed by atoms with Crippen molar-refractivity contribution in [2.45, 2.75) is 62.6 Å². The van der Waals surface area contributed by atoms with Gasteiger partial charge in [0.2, 0.25) is 14.3 Å². The minimum atomic E-state index is -3.51. The van der Waals surface area contributed by atoms with Crippen molar-refractivity contribution in [3.8, 4) is 5.69 Å². The molecule has 4 aromatic rings. The first kappa shape index (κ1) is 29.6. The number of hydrogen-bond acceptors (Lipinski definition) is 5. The normalized spacial score (nSPS) is 26.4. The number of aromatic amines is 1. The fourth-order valence-corrected chi connectivity index (χ4v) is 10.5. The van der Waals surface area contributed by atoms with Crippen LogP contribution in [0.1, 0.15) is 31.7 Å². The number of halogens is 1. The maximum Gasteiger partial charge on any atom is 0.279 e. The van der Waals surface area contributed by atoms with Gasteiger partial charge in [-0.2, -0.15) is 0 Å². The van der Waals surface area contributed by atoms with Gasteiger partial charge < -0.3 is 18.9 Å². The topological polar surface area (TPSA) is 108 Å². The molecule has 11 heteroatoms. The Morgan fingerprint density at radius 2 is 1.80 bits per heavy atom. The Hall–Kier alpha value is -4.06. The Kier molecular flexibility index (Phi) is 7.10. The number of aliphatic hydroxyl groups excluding tert-OH is 1. The van der Waals surface area contributed by atoms with E-state index in [2.05, 4.69) is 5.10 Å². The van der Waals surface area contributed by atoms with Crippen LogP contribution in [0.2, 0.25) is 18.6 Å². The highest BCUT2D eigenvalue weighted by atomic mass is 28.4. The Morgan fingerprint density at radius 1 is 1.07 bits per heavy atom. The monoisotopic (exact) mass is 628 g/mol. The van der Waals surface area contributed by atoms with Crippen LogP contribution in [0, 0.1) is 5.92 Å². The molecule has 4 heterocycles. The molecule has 3 aliphatic rings. The van der Waals surface area contributed by atoms with E-state index in [4.69, 9.17) is 4.74 Å². The number of likely N-dealkylation sites (tertiary alicyclic amines) is 1. The lowest BCUT2D eigenvalue weighted by Gasteiger charge is -2.31. The van der Waals surface area contributed by atoms with E-state index in [1.807, 2.05) is 49.4 Å². The zero-order valence-electron chi connectivity index (χ0n) is 25.6. The van der Waals surface area contributed by atoms with Crippen LogP contribution in [0.3, 0.4) is 0 Å². The van der Waals surface area contributed by atoms with Gasteiger partial charge in [0.15, 0.2) is 5.60 Å². The van der Waals surface area contributed by atoms with E-state index in [9.17, 15) is 19.5 Å². The molecule has 0 radical (unpaired) electrons. The van der Waals surface area contributed by atoms with Crippen LogP contribution >= 0.6 is 0 Å². The number of anilines is 2. The van der Waals surface area contributed by atoms with E-state index in [-0.39, 0.29) is 36.4 Å². The van der Waals surface area contributed by atoms with Crippen molar-refractivity contribution in [1.29, 1.82) is 0 Å². The maximum atomic E-state index is 16.4. The third kappa shape index (κ3) is 4.51. The number of carbonyl (C=O) groups excluding carboxylic acids is 2. The Bertz CT molecular complexity index is 1850. The van der Waals surface area contributed by atoms with Gasteiger partial charge in [-0.15, -0.1) is 0 Å². The summed E-state index contributed by atoms with van der Waals surface area (Å²) >= 11 is 0. The number of aliphatic hydroxyl groups is 1. The third-order valence-corrected chi connectivity index (χ3v) is 12.5. The highest BCUT2D eigenvalue weighted by Crippen LogP contribution is 2.61. The molecule has 0 aliphatic carbocycles. The lowest BCUT2D eigenvalue weighted by atomic mass is 9.82. The molecule has 2 N–H and O–H groups in total. The quantitative estimate of drug-likeness (QED) is 0.227. The first-order valence-corrected chi connectivity index (χ1v) is 18.5. The number of nitrogens with one attached hydrogen (secondary N) is 1. The summed E-state index contributed by atoms with van der Waals surface area (Å²) in [6, 6.07) is 21.6. The minimum Gasteiger partial charge on any atom is -0.394 e. The molecule has 2 amide bonds. The number of benzene rings is 3. The molecule has 0 unspecified atom stereocenters. The lowest BCUT2D eigenvalue weighted by Crippen LogP contribution is -2.44. The molecule has 0 saturated carbocycles. The van der Waals surface area contributed by atoms with Gasteiger partial charge in [-0.25, -0.2) is 4.68 Å². The number of para-hydroxylation sites is 2. The fraction of sp³-hybridized carbons (Fsp3) is 0.382. The summed E-state index contributed by atoms with van der Waals surface area (Å²) in [5.74, 6) is -1.15. The average Bonchev–Trinajstić information content (AvgIpc) is 3.76. The zero-order valence-corrected chi connectivity index (χ0v) is 26.6. The predicted octanol–water partition coefficient (Wildman–Crippen LogP) is 5.15. The van der Waals surface area contributed by atoms with Gasteiger partial charge in [-0.1, -0.05) is 37.3 Å². The van der Waals surface area contributed by atoms with E-state index >= 15 is 4.11 Å². The molecule has 0 bridgehead atoms. The summed E-state index contributed by atoms with van der Waals surface area (Å²) in [5, 5.41) is 13.5. The molecule has 234 valence electrons. The first-order chi connectivity index (χ1) is 21.6. The molecule has 45 heavy (non-hydrogen) atoms. The highest BCUT2D eigenvalue weighted by molar-refractivity contribution is 6.72. The second-order valence-corrected chi connectivity index (χ2v) is 16.8. The molecule has 1 aromatic heterocycles. The van der Waals surface area contributed by atoms with Crippen molar-refractivity contribution < 1.29 is 23.5 Å². The second kappa shape index (κ2) is 10.8. The van der Waals surface area contributed by atoms with E-state index in [1.54, 1.807) is 53.2 Å². The highest BCUT2D eigenvalue weighted by Gasteiger charge is 2.67. The second-order valence-electron chi connectivity index (χ2n) is 13.0. The van der Waals surface area contributed by atoms with Crippen LogP contribution in [-0.2, 0) is 19.9 Å². The van der Waals surface area contributed by atoms with Gasteiger partial charge in [0.25, 0.3) is 11.5 Å². The molecular formula is C34H37FN4O5Si. The molecule has 3 aromatic carbocycles. The summed E-state index contributed by atoms with van der Waals surface area (Å²) in [4.78, 5) is 45.1. The number of rotatable bonds is 6. The van der Waals surface area contributed by atoms with Crippen molar-refractivity contribution in [3.63, 3.8) is 0 Å². The van der Waals surface area contributed by atoms with Crippen molar-refractivity contribution in [3.05, 3.63) is 88.7 Å². The Morgan fingerprint density at radius 3 is 2.51 bits per heavy atom. The van der Waals surface area contributed by atoms with Gasteiger partial charge in [0, 0.05) is 29.3 Å². The van der Waals surface area contributed by atoms with Crippen molar-refractivity contribution in [2.75, 3.05) is 18.1 Å². The predicted molar refractivity (Wildman–Crippen MR) is 172 cm³/mol. The number of aromatic nitrogens is 2. The number of nitrogens with zero attached hydrogens (tertiary/aromatic N) is 3. The molecule has 7 rings (SSSR count). The summed E-state index contributed by atoms with van der Waals surface area (Å²) in [7, 11) is -3.51. The third-order valence-electron chi connectivity index (χ3n) is 10.0. The summed E-state index contributed by atoms with van der Waals surface area (Å²) < 4.78 is 24.6. The maximum absolute atomic E-state index is 16.4. The lowest BCUT2D eigenvalue weighted by molar-refractivity contribution is -0.149. The standard InChI is InChI=1S/C34H37FN4O5Si/c1-21-31(45(2,3)35)29(19-30(41)37-17-9-12-24(37)20-40)44-34(21)26-18-23(39-32(42)25-13-7-8-14-27(25)36-39)15-16-28(26)38(33(34)43)22-10-5-4-6-11-22/h4-8,10-11,13-16,18,21,24,29,31,36,40H,9,12,17,19-20H2,1-3H3/t21-,24-,29+,31-,34+/m0/s1.